The molecule has 1 aromatic heterocycles. The molecule has 0 amide bonds. The summed E-state index contributed by atoms with van der Waals surface area (Å²) >= 11 is 0. The van der Waals surface area contributed by atoms with Crippen molar-refractivity contribution in [2.75, 3.05) is 6.61 Å². The van der Waals surface area contributed by atoms with E-state index in [0.29, 0.717) is 0 Å². The number of aromatic nitrogens is 2. The van der Waals surface area contributed by atoms with E-state index in [2.05, 4.69) is 60.2 Å². The number of hydrogen-bond acceptors (Lipinski definition) is 3. The predicted octanol–water partition coefficient (Wildman–Crippen LogP) is 8.28. The maximum Gasteiger partial charge on any atom is 0.159 e. The van der Waals surface area contributed by atoms with Crippen molar-refractivity contribution in [2.45, 2.75) is 78.1 Å². The molecule has 0 fully saturated rings. The van der Waals surface area contributed by atoms with E-state index in [1.54, 1.807) is 0 Å². The second-order valence-electron chi connectivity index (χ2n) is 8.59. The van der Waals surface area contributed by atoms with Crippen molar-refractivity contribution in [1.29, 1.82) is 0 Å². The molecule has 0 unspecified atom stereocenters. The highest BCUT2D eigenvalue weighted by molar-refractivity contribution is 5.64. The van der Waals surface area contributed by atoms with Gasteiger partial charge < -0.3 is 4.74 Å². The molecule has 0 aliphatic carbocycles. The molecule has 0 bridgehead atoms. The fourth-order valence-corrected chi connectivity index (χ4v) is 3.84. The largest absolute Gasteiger partial charge is 0.494 e. The van der Waals surface area contributed by atoms with Crippen molar-refractivity contribution >= 4 is 0 Å². The Hall–Kier alpha value is -2.68. The van der Waals surface area contributed by atoms with Gasteiger partial charge in [-0.2, -0.15) is 0 Å². The fraction of sp³-hybridized carbons (Fsp3) is 0.448. The first kappa shape index (κ1) is 24.0. The second-order valence-corrected chi connectivity index (χ2v) is 8.59. The highest BCUT2D eigenvalue weighted by Gasteiger charge is 2.05. The van der Waals surface area contributed by atoms with Gasteiger partial charge in [0.05, 0.1) is 6.61 Å². The summed E-state index contributed by atoms with van der Waals surface area (Å²) in [7, 11) is 0. The Kier molecular flexibility index (Phi) is 10.2. The number of hydrogen-bond donors (Lipinski definition) is 0. The Balaban J connectivity index is 1.50. The van der Waals surface area contributed by atoms with E-state index in [1.165, 1.54) is 56.9 Å². The average Bonchev–Trinajstić information content (AvgIpc) is 2.85. The van der Waals surface area contributed by atoms with Crippen LogP contribution in [0.1, 0.15) is 77.2 Å². The van der Waals surface area contributed by atoms with Gasteiger partial charge in [0.15, 0.2) is 5.82 Å². The fourth-order valence-electron chi connectivity index (χ4n) is 3.84. The summed E-state index contributed by atoms with van der Waals surface area (Å²) in [5.74, 6) is 1.69. The first-order valence-electron chi connectivity index (χ1n) is 12.4. The van der Waals surface area contributed by atoms with Gasteiger partial charge in [0.1, 0.15) is 5.75 Å². The highest BCUT2D eigenvalue weighted by atomic mass is 16.5. The number of ether oxygens (including phenoxy) is 1. The standard InChI is InChI=1S/C29H38N2O/c1-3-5-7-8-9-10-12-24-13-15-26(16-14-24)29-30-22-27(23-31-29)25-17-19-28(20-18-25)32-21-11-6-4-2/h13-20,22-23H,3-12,21H2,1-2H3. The van der Waals surface area contributed by atoms with Crippen molar-refractivity contribution in [2.24, 2.45) is 0 Å². The van der Waals surface area contributed by atoms with Gasteiger partial charge in [-0.1, -0.05) is 95.2 Å². The molecule has 0 aliphatic rings. The maximum atomic E-state index is 5.80. The van der Waals surface area contributed by atoms with Crippen LogP contribution in [0.25, 0.3) is 22.5 Å². The summed E-state index contributed by atoms with van der Waals surface area (Å²) in [6.45, 7) is 5.25. The summed E-state index contributed by atoms with van der Waals surface area (Å²) < 4.78 is 5.80. The Bertz CT molecular complexity index is 886. The van der Waals surface area contributed by atoms with Crippen LogP contribution in [-0.2, 0) is 6.42 Å². The quantitative estimate of drug-likeness (QED) is 0.241. The molecule has 0 radical (unpaired) electrons. The Morgan fingerprint density at radius 2 is 1.19 bits per heavy atom. The van der Waals surface area contributed by atoms with Gasteiger partial charge in [-0.05, 0) is 42.5 Å². The molecular weight excluding hydrogens is 392 g/mol. The third kappa shape index (κ3) is 7.78. The minimum absolute atomic E-state index is 0.774. The van der Waals surface area contributed by atoms with Crippen LogP contribution in [0.5, 0.6) is 5.75 Å². The van der Waals surface area contributed by atoms with Gasteiger partial charge in [0.25, 0.3) is 0 Å². The first-order chi connectivity index (χ1) is 15.8. The monoisotopic (exact) mass is 430 g/mol. The topological polar surface area (TPSA) is 35.0 Å². The van der Waals surface area contributed by atoms with Crippen LogP contribution < -0.4 is 4.74 Å². The molecule has 170 valence electrons. The SMILES string of the molecule is CCCCCCCCc1ccc(-c2ncc(-c3ccc(OCCCCC)cc3)cn2)cc1. The summed E-state index contributed by atoms with van der Waals surface area (Å²) in [4.78, 5) is 9.22. The highest BCUT2D eigenvalue weighted by Crippen LogP contribution is 2.23. The zero-order valence-electron chi connectivity index (χ0n) is 19.9. The van der Waals surface area contributed by atoms with E-state index in [0.717, 1.165) is 47.7 Å². The molecular formula is C29H38N2O. The first-order valence-corrected chi connectivity index (χ1v) is 12.4. The zero-order valence-corrected chi connectivity index (χ0v) is 19.9. The molecule has 0 aliphatic heterocycles. The van der Waals surface area contributed by atoms with Crippen LogP contribution in [0.2, 0.25) is 0 Å². The van der Waals surface area contributed by atoms with E-state index in [4.69, 9.17) is 4.74 Å². The molecule has 0 N–H and O–H groups in total. The number of benzene rings is 2. The number of unbranched alkanes of at least 4 members (excludes halogenated alkanes) is 7. The minimum atomic E-state index is 0.774. The lowest BCUT2D eigenvalue weighted by Gasteiger charge is -2.08. The van der Waals surface area contributed by atoms with E-state index in [-0.39, 0.29) is 0 Å². The molecule has 3 aromatic rings. The molecule has 0 saturated heterocycles. The zero-order chi connectivity index (χ0) is 22.4. The molecule has 1 heterocycles. The molecule has 0 atom stereocenters. The van der Waals surface area contributed by atoms with Gasteiger partial charge in [0.2, 0.25) is 0 Å². The molecule has 3 heteroatoms. The molecule has 3 nitrogen and oxygen atoms in total. The Labute approximate surface area is 194 Å². The lowest BCUT2D eigenvalue weighted by molar-refractivity contribution is 0.306. The van der Waals surface area contributed by atoms with Crippen LogP contribution in [0, 0.1) is 0 Å². The third-order valence-electron chi connectivity index (χ3n) is 5.89. The van der Waals surface area contributed by atoms with Crippen LogP contribution in [0.4, 0.5) is 0 Å². The average molecular weight is 431 g/mol. The van der Waals surface area contributed by atoms with Crippen LogP contribution in [-0.4, -0.2) is 16.6 Å². The molecule has 2 aromatic carbocycles. The van der Waals surface area contributed by atoms with E-state index in [1.807, 2.05) is 24.5 Å². The van der Waals surface area contributed by atoms with E-state index < -0.39 is 0 Å². The maximum absolute atomic E-state index is 5.80. The Morgan fingerprint density at radius 1 is 0.594 bits per heavy atom. The van der Waals surface area contributed by atoms with Crippen molar-refractivity contribution in [3.63, 3.8) is 0 Å². The molecule has 0 saturated carbocycles. The predicted molar refractivity (Wildman–Crippen MR) is 135 cm³/mol. The smallest absolute Gasteiger partial charge is 0.159 e. The van der Waals surface area contributed by atoms with Crippen molar-refractivity contribution in [1.82, 2.24) is 9.97 Å². The molecule has 32 heavy (non-hydrogen) atoms. The van der Waals surface area contributed by atoms with Crippen LogP contribution in [0.15, 0.2) is 60.9 Å². The summed E-state index contributed by atoms with van der Waals surface area (Å²) in [6.07, 6.45) is 16.5. The van der Waals surface area contributed by atoms with Crippen molar-refractivity contribution in [3.05, 3.63) is 66.5 Å². The van der Waals surface area contributed by atoms with Gasteiger partial charge in [-0.3, -0.25) is 0 Å². The van der Waals surface area contributed by atoms with Gasteiger partial charge >= 0.3 is 0 Å². The van der Waals surface area contributed by atoms with Crippen molar-refractivity contribution in [3.8, 4) is 28.3 Å². The van der Waals surface area contributed by atoms with Gasteiger partial charge in [-0.15, -0.1) is 0 Å². The number of rotatable bonds is 14. The van der Waals surface area contributed by atoms with E-state index in [9.17, 15) is 0 Å². The summed E-state index contributed by atoms with van der Waals surface area (Å²) in [5.41, 5.74) is 4.59. The van der Waals surface area contributed by atoms with Crippen molar-refractivity contribution < 1.29 is 4.74 Å². The lowest BCUT2D eigenvalue weighted by atomic mass is 10.0. The normalized spacial score (nSPS) is 10.9. The van der Waals surface area contributed by atoms with Crippen LogP contribution >= 0.6 is 0 Å². The van der Waals surface area contributed by atoms with Gasteiger partial charge in [-0.25, -0.2) is 9.97 Å². The summed E-state index contributed by atoms with van der Waals surface area (Å²) in [6, 6.07) is 16.9. The number of nitrogens with zero attached hydrogens (tertiary/aromatic N) is 2. The molecule has 0 spiro atoms. The minimum Gasteiger partial charge on any atom is -0.494 e. The summed E-state index contributed by atoms with van der Waals surface area (Å²) in [5, 5.41) is 0. The van der Waals surface area contributed by atoms with Gasteiger partial charge in [0, 0.05) is 23.5 Å². The second kappa shape index (κ2) is 13.7. The third-order valence-corrected chi connectivity index (χ3v) is 5.89. The lowest BCUT2D eigenvalue weighted by Crippen LogP contribution is -1.96. The Morgan fingerprint density at radius 3 is 1.88 bits per heavy atom. The van der Waals surface area contributed by atoms with E-state index >= 15 is 0 Å². The van der Waals surface area contributed by atoms with Crippen LogP contribution in [0.3, 0.4) is 0 Å². The molecule has 3 rings (SSSR count). The number of aryl methyl sites for hydroxylation is 1.